The van der Waals surface area contributed by atoms with E-state index in [0.717, 1.165) is 11.1 Å². The van der Waals surface area contributed by atoms with Crippen molar-refractivity contribution in [1.29, 1.82) is 0 Å². The highest BCUT2D eigenvalue weighted by Crippen LogP contribution is 2.33. The lowest BCUT2D eigenvalue weighted by atomic mass is 9.98. The average Bonchev–Trinajstić information content (AvgIpc) is 3.16. The van der Waals surface area contributed by atoms with Crippen LogP contribution in [0, 0.1) is 0 Å². The van der Waals surface area contributed by atoms with E-state index in [-0.39, 0.29) is 12.2 Å². The van der Waals surface area contributed by atoms with E-state index < -0.39 is 11.5 Å². The maximum absolute atomic E-state index is 13.8. The molecule has 0 radical (unpaired) electrons. The molecule has 0 unspecified atom stereocenters. The van der Waals surface area contributed by atoms with E-state index in [1.807, 2.05) is 17.5 Å². The fourth-order valence-electron chi connectivity index (χ4n) is 3.63. The largest absolute Gasteiger partial charge is 0.464 e. The minimum atomic E-state index is -1.20. The van der Waals surface area contributed by atoms with Gasteiger partial charge < -0.3 is 9.47 Å². The van der Waals surface area contributed by atoms with Crippen molar-refractivity contribution in [2.24, 2.45) is 0 Å². The minimum Gasteiger partial charge on any atom is -0.464 e. The molecule has 0 saturated heterocycles. The molecule has 0 aliphatic heterocycles. The average molecular weight is 443 g/mol. The molecule has 166 valence electrons. The van der Waals surface area contributed by atoms with Crippen LogP contribution in [0.2, 0.25) is 0 Å². The maximum Gasteiger partial charge on any atom is 0.331 e. The van der Waals surface area contributed by atoms with Gasteiger partial charge in [-0.3, -0.25) is 9.36 Å². The van der Waals surface area contributed by atoms with E-state index in [9.17, 15) is 9.59 Å². The van der Waals surface area contributed by atoms with Crippen LogP contribution in [0.3, 0.4) is 0 Å². The smallest absolute Gasteiger partial charge is 0.331 e. The number of thiophene rings is 1. The molecule has 0 aliphatic carbocycles. The molecule has 0 fully saturated rings. The molecule has 1 aromatic carbocycles. The van der Waals surface area contributed by atoms with Gasteiger partial charge in [0, 0.05) is 24.5 Å². The van der Waals surface area contributed by atoms with Crippen LogP contribution in [0.15, 0.2) is 34.4 Å². The number of hydrogen-bond donors (Lipinski definition) is 0. The molecule has 2 aromatic heterocycles. The van der Waals surface area contributed by atoms with Gasteiger partial charge in [-0.05, 0) is 37.8 Å². The monoisotopic (exact) mass is 442 g/mol. The van der Waals surface area contributed by atoms with Crippen molar-refractivity contribution >= 4 is 27.5 Å². The Kier molecular flexibility index (Phi) is 6.96. The van der Waals surface area contributed by atoms with E-state index in [0.29, 0.717) is 35.0 Å². The number of carbonyl (C=O) groups excluding carboxylic acids is 1. The second-order valence-corrected chi connectivity index (χ2v) is 9.16. The van der Waals surface area contributed by atoms with Gasteiger partial charge in [0.25, 0.3) is 5.56 Å². The molecule has 2 heterocycles. The zero-order chi connectivity index (χ0) is 22.8. The quantitative estimate of drug-likeness (QED) is 0.472. The van der Waals surface area contributed by atoms with Crippen LogP contribution < -0.4 is 5.56 Å². The van der Waals surface area contributed by atoms with Gasteiger partial charge in [0.2, 0.25) is 0 Å². The minimum absolute atomic E-state index is 0.238. The van der Waals surface area contributed by atoms with Crippen LogP contribution >= 0.6 is 11.3 Å². The first-order valence-electron chi connectivity index (χ1n) is 10.5. The molecule has 0 bridgehead atoms. The van der Waals surface area contributed by atoms with Crippen LogP contribution in [0.25, 0.3) is 21.3 Å². The molecule has 0 spiro atoms. The first-order chi connectivity index (χ1) is 14.7. The summed E-state index contributed by atoms with van der Waals surface area (Å²) in [6.45, 7) is 10.1. The fourth-order valence-corrected chi connectivity index (χ4v) is 4.59. The van der Waals surface area contributed by atoms with Crippen molar-refractivity contribution in [2.75, 3.05) is 20.3 Å². The Morgan fingerprint density at radius 3 is 2.48 bits per heavy atom. The van der Waals surface area contributed by atoms with Crippen molar-refractivity contribution in [2.45, 2.75) is 52.5 Å². The van der Waals surface area contributed by atoms with E-state index >= 15 is 0 Å². The number of carbonyl (C=O) groups is 1. The molecule has 0 N–H and O–H groups in total. The van der Waals surface area contributed by atoms with Crippen molar-refractivity contribution in [3.8, 4) is 11.1 Å². The molecule has 0 saturated carbocycles. The standard InChI is InChI=1S/C24H30N2O4S/c1-7-30-23(28)24(4,5)26-19(12-13-29-6)25-21-20(22(26)27)18(14-31-21)17-10-8-16(9-11-17)15(2)3/h8-11,14-15H,7,12-13H2,1-6H3. The zero-order valence-electron chi connectivity index (χ0n) is 19.0. The predicted octanol–water partition coefficient (Wildman–Crippen LogP) is 4.74. The van der Waals surface area contributed by atoms with Crippen molar-refractivity contribution in [1.82, 2.24) is 9.55 Å². The van der Waals surface area contributed by atoms with Gasteiger partial charge in [-0.15, -0.1) is 11.3 Å². The van der Waals surface area contributed by atoms with Gasteiger partial charge in [0.05, 0.1) is 18.6 Å². The Morgan fingerprint density at radius 1 is 1.23 bits per heavy atom. The lowest BCUT2D eigenvalue weighted by molar-refractivity contribution is -0.152. The fraction of sp³-hybridized carbons (Fsp3) is 0.458. The summed E-state index contributed by atoms with van der Waals surface area (Å²) < 4.78 is 12.0. The number of esters is 1. The van der Waals surface area contributed by atoms with Crippen LogP contribution in [-0.2, 0) is 26.2 Å². The number of fused-ring (bicyclic) bond motifs is 1. The molecular formula is C24H30N2O4S. The SMILES string of the molecule is CCOC(=O)C(C)(C)n1c(CCOC)nc2scc(-c3ccc(C(C)C)cc3)c2c1=O. The van der Waals surface area contributed by atoms with Gasteiger partial charge >= 0.3 is 5.97 Å². The van der Waals surface area contributed by atoms with Crippen molar-refractivity contribution < 1.29 is 14.3 Å². The van der Waals surface area contributed by atoms with Crippen molar-refractivity contribution in [3.63, 3.8) is 0 Å². The lowest BCUT2D eigenvalue weighted by Gasteiger charge is -2.27. The highest BCUT2D eigenvalue weighted by atomic mass is 32.1. The second kappa shape index (κ2) is 9.32. The second-order valence-electron chi connectivity index (χ2n) is 8.30. The molecule has 3 aromatic rings. The van der Waals surface area contributed by atoms with Crippen LogP contribution in [-0.4, -0.2) is 35.8 Å². The Hall–Kier alpha value is -2.51. The molecule has 31 heavy (non-hydrogen) atoms. The number of ether oxygens (including phenoxy) is 2. The topological polar surface area (TPSA) is 70.4 Å². The van der Waals surface area contributed by atoms with Gasteiger partial charge in [0.1, 0.15) is 16.2 Å². The summed E-state index contributed by atoms with van der Waals surface area (Å²) in [6.07, 6.45) is 0.417. The van der Waals surface area contributed by atoms with E-state index in [4.69, 9.17) is 14.5 Å². The van der Waals surface area contributed by atoms with Gasteiger partial charge in [-0.25, -0.2) is 9.78 Å². The lowest BCUT2D eigenvalue weighted by Crippen LogP contribution is -2.46. The summed E-state index contributed by atoms with van der Waals surface area (Å²) in [5.74, 6) is 0.483. The van der Waals surface area contributed by atoms with Crippen LogP contribution in [0.4, 0.5) is 0 Å². The maximum atomic E-state index is 13.8. The molecule has 0 amide bonds. The van der Waals surface area contributed by atoms with Crippen LogP contribution in [0.1, 0.15) is 51.9 Å². The zero-order valence-corrected chi connectivity index (χ0v) is 19.8. The molecular weight excluding hydrogens is 412 g/mol. The highest BCUT2D eigenvalue weighted by molar-refractivity contribution is 7.17. The molecule has 7 heteroatoms. The number of aromatic nitrogens is 2. The normalized spacial score (nSPS) is 12.0. The van der Waals surface area contributed by atoms with Crippen LogP contribution in [0.5, 0.6) is 0 Å². The number of methoxy groups -OCH3 is 1. The molecule has 0 atom stereocenters. The van der Waals surface area contributed by atoms with Gasteiger partial charge in [-0.1, -0.05) is 38.1 Å². The Labute approximate surface area is 186 Å². The summed E-state index contributed by atoms with van der Waals surface area (Å²) >= 11 is 1.44. The molecule has 0 aliphatic rings. The summed E-state index contributed by atoms with van der Waals surface area (Å²) in [7, 11) is 1.60. The number of rotatable bonds is 8. The Bertz CT molecular complexity index is 1130. The van der Waals surface area contributed by atoms with E-state index in [1.165, 1.54) is 21.5 Å². The Balaban J connectivity index is 2.24. The summed E-state index contributed by atoms with van der Waals surface area (Å²) in [6, 6.07) is 8.25. The number of benzene rings is 1. The predicted molar refractivity (Wildman–Crippen MR) is 125 cm³/mol. The summed E-state index contributed by atoms with van der Waals surface area (Å²) in [5, 5.41) is 2.49. The first kappa shape index (κ1) is 23.2. The highest BCUT2D eigenvalue weighted by Gasteiger charge is 2.35. The van der Waals surface area contributed by atoms with E-state index in [1.54, 1.807) is 27.9 Å². The summed E-state index contributed by atoms with van der Waals surface area (Å²) in [4.78, 5) is 31.9. The van der Waals surface area contributed by atoms with Gasteiger partial charge in [0.15, 0.2) is 0 Å². The third-order valence-corrected chi connectivity index (χ3v) is 6.30. The Morgan fingerprint density at radius 2 is 1.90 bits per heavy atom. The van der Waals surface area contributed by atoms with Crippen molar-refractivity contribution in [3.05, 3.63) is 51.4 Å². The summed E-state index contributed by atoms with van der Waals surface area (Å²) in [5.41, 5.74) is 1.60. The first-order valence-corrected chi connectivity index (χ1v) is 11.4. The third-order valence-electron chi connectivity index (χ3n) is 5.43. The van der Waals surface area contributed by atoms with Gasteiger partial charge in [-0.2, -0.15) is 0 Å². The third kappa shape index (κ3) is 4.43. The van der Waals surface area contributed by atoms with E-state index in [2.05, 4.69) is 26.0 Å². The number of hydrogen-bond acceptors (Lipinski definition) is 6. The number of nitrogens with zero attached hydrogens (tertiary/aromatic N) is 2. The molecule has 6 nitrogen and oxygen atoms in total. The molecule has 3 rings (SSSR count).